The van der Waals surface area contributed by atoms with Crippen molar-refractivity contribution in [3.05, 3.63) is 29.6 Å². The van der Waals surface area contributed by atoms with Crippen LogP contribution in [0.1, 0.15) is 12.0 Å². The van der Waals surface area contributed by atoms with Gasteiger partial charge in [0.1, 0.15) is 17.7 Å². The Balaban J connectivity index is 2.11. The highest BCUT2D eigenvalue weighted by molar-refractivity contribution is 5.33. The maximum Gasteiger partial charge on any atom is 0.129 e. The van der Waals surface area contributed by atoms with Gasteiger partial charge in [0.2, 0.25) is 0 Å². The zero-order valence-corrected chi connectivity index (χ0v) is 8.22. The molecule has 1 unspecified atom stereocenters. The van der Waals surface area contributed by atoms with E-state index in [0.717, 1.165) is 19.5 Å². The van der Waals surface area contributed by atoms with Crippen molar-refractivity contribution in [2.45, 2.75) is 19.4 Å². The maximum absolute atomic E-state index is 13.2. The van der Waals surface area contributed by atoms with E-state index in [4.69, 9.17) is 4.74 Å². The molecule has 1 heterocycles. The van der Waals surface area contributed by atoms with Crippen molar-refractivity contribution >= 4 is 0 Å². The van der Waals surface area contributed by atoms with Crippen LogP contribution in [-0.4, -0.2) is 19.2 Å². The van der Waals surface area contributed by atoms with Gasteiger partial charge < -0.3 is 10.1 Å². The Bertz CT molecular complexity index is 321. The van der Waals surface area contributed by atoms with E-state index in [9.17, 15) is 4.39 Å². The van der Waals surface area contributed by atoms with E-state index in [1.165, 1.54) is 6.07 Å². The van der Waals surface area contributed by atoms with Crippen molar-refractivity contribution in [2.24, 2.45) is 0 Å². The summed E-state index contributed by atoms with van der Waals surface area (Å²) in [6.07, 6.45) is 1.19. The van der Waals surface area contributed by atoms with Gasteiger partial charge in [-0.2, -0.15) is 0 Å². The van der Waals surface area contributed by atoms with Gasteiger partial charge in [0.05, 0.1) is 0 Å². The summed E-state index contributed by atoms with van der Waals surface area (Å²) in [5.41, 5.74) is 0.597. The van der Waals surface area contributed by atoms with Crippen molar-refractivity contribution in [3.63, 3.8) is 0 Å². The third kappa shape index (κ3) is 1.87. The van der Waals surface area contributed by atoms with E-state index < -0.39 is 0 Å². The minimum Gasteiger partial charge on any atom is -0.489 e. The van der Waals surface area contributed by atoms with E-state index in [1.54, 1.807) is 13.0 Å². The number of benzene rings is 1. The van der Waals surface area contributed by atoms with Crippen molar-refractivity contribution in [3.8, 4) is 5.75 Å². The summed E-state index contributed by atoms with van der Waals surface area (Å²) in [6, 6.07) is 4.95. The molecular weight excluding hydrogens is 181 g/mol. The van der Waals surface area contributed by atoms with E-state index in [-0.39, 0.29) is 11.9 Å². The Morgan fingerprint density at radius 1 is 1.50 bits per heavy atom. The van der Waals surface area contributed by atoms with Crippen molar-refractivity contribution in [2.75, 3.05) is 13.1 Å². The minimum absolute atomic E-state index is 0.190. The van der Waals surface area contributed by atoms with E-state index in [0.29, 0.717) is 11.3 Å². The van der Waals surface area contributed by atoms with Gasteiger partial charge in [0.15, 0.2) is 0 Å². The van der Waals surface area contributed by atoms with Gasteiger partial charge in [0.25, 0.3) is 0 Å². The monoisotopic (exact) mass is 195 g/mol. The quantitative estimate of drug-likeness (QED) is 0.778. The molecule has 1 aliphatic heterocycles. The molecule has 1 saturated heterocycles. The molecule has 2 rings (SSSR count). The molecule has 0 saturated carbocycles. The first kappa shape index (κ1) is 9.46. The highest BCUT2D eigenvalue weighted by atomic mass is 19.1. The molecule has 76 valence electrons. The summed E-state index contributed by atoms with van der Waals surface area (Å²) < 4.78 is 18.8. The lowest BCUT2D eigenvalue weighted by atomic mass is 10.2. The Kier molecular flexibility index (Phi) is 2.68. The van der Waals surface area contributed by atoms with Gasteiger partial charge in [-0.25, -0.2) is 4.39 Å². The highest BCUT2D eigenvalue weighted by Gasteiger charge is 2.17. The minimum atomic E-state index is -0.201. The van der Waals surface area contributed by atoms with Crippen LogP contribution in [-0.2, 0) is 0 Å². The molecule has 1 aromatic rings. The fraction of sp³-hybridized carbons (Fsp3) is 0.455. The third-order valence-corrected chi connectivity index (χ3v) is 2.53. The molecule has 14 heavy (non-hydrogen) atoms. The maximum atomic E-state index is 13.2. The fourth-order valence-electron chi connectivity index (χ4n) is 1.62. The Hall–Kier alpha value is -1.09. The Labute approximate surface area is 83.1 Å². The molecule has 1 N–H and O–H groups in total. The molecule has 1 fully saturated rings. The van der Waals surface area contributed by atoms with Gasteiger partial charge in [-0.05, 0) is 32.0 Å². The highest BCUT2D eigenvalue weighted by Crippen LogP contribution is 2.22. The van der Waals surface area contributed by atoms with Gasteiger partial charge >= 0.3 is 0 Å². The summed E-state index contributed by atoms with van der Waals surface area (Å²) in [5, 5.41) is 3.21. The van der Waals surface area contributed by atoms with Gasteiger partial charge in [-0.1, -0.05) is 6.07 Å². The summed E-state index contributed by atoms with van der Waals surface area (Å²) in [7, 11) is 0. The second kappa shape index (κ2) is 3.96. The summed E-state index contributed by atoms with van der Waals surface area (Å²) >= 11 is 0. The van der Waals surface area contributed by atoms with Crippen LogP contribution in [0.3, 0.4) is 0 Å². The molecule has 1 aromatic carbocycles. The molecule has 0 aromatic heterocycles. The standard InChI is InChI=1S/C11H14FNO/c1-8-10(12)3-2-4-11(8)14-9-5-6-13-7-9/h2-4,9,13H,5-7H2,1H3. The first-order valence-corrected chi connectivity index (χ1v) is 4.90. The Morgan fingerprint density at radius 3 is 3.07 bits per heavy atom. The van der Waals surface area contributed by atoms with E-state index in [1.807, 2.05) is 6.07 Å². The smallest absolute Gasteiger partial charge is 0.129 e. The zero-order valence-electron chi connectivity index (χ0n) is 8.22. The Morgan fingerprint density at radius 2 is 2.36 bits per heavy atom. The average Bonchev–Trinajstić information content (AvgIpc) is 2.66. The summed E-state index contributed by atoms with van der Waals surface area (Å²) in [5.74, 6) is 0.465. The first-order chi connectivity index (χ1) is 6.77. The number of ether oxygens (including phenoxy) is 1. The second-order valence-electron chi connectivity index (χ2n) is 3.60. The van der Waals surface area contributed by atoms with Gasteiger partial charge in [0, 0.05) is 12.1 Å². The summed E-state index contributed by atoms with van der Waals surface area (Å²) in [6.45, 7) is 3.59. The number of rotatable bonds is 2. The topological polar surface area (TPSA) is 21.3 Å². The normalized spacial score (nSPS) is 21.1. The van der Waals surface area contributed by atoms with Gasteiger partial charge in [-0.3, -0.25) is 0 Å². The second-order valence-corrected chi connectivity index (χ2v) is 3.60. The van der Waals surface area contributed by atoms with Crippen molar-refractivity contribution in [1.82, 2.24) is 5.32 Å². The number of nitrogens with one attached hydrogen (secondary N) is 1. The van der Waals surface area contributed by atoms with Crippen LogP contribution >= 0.6 is 0 Å². The largest absolute Gasteiger partial charge is 0.489 e. The van der Waals surface area contributed by atoms with E-state index in [2.05, 4.69) is 5.32 Å². The van der Waals surface area contributed by atoms with Crippen LogP contribution in [0, 0.1) is 12.7 Å². The lowest BCUT2D eigenvalue weighted by Gasteiger charge is -2.14. The third-order valence-electron chi connectivity index (χ3n) is 2.53. The average molecular weight is 195 g/mol. The molecule has 1 atom stereocenters. The first-order valence-electron chi connectivity index (χ1n) is 4.90. The lowest BCUT2D eigenvalue weighted by molar-refractivity contribution is 0.220. The SMILES string of the molecule is Cc1c(F)cccc1OC1CCNC1. The molecule has 0 bridgehead atoms. The van der Waals surface area contributed by atoms with Gasteiger partial charge in [-0.15, -0.1) is 0 Å². The van der Waals surface area contributed by atoms with Crippen LogP contribution in [0.4, 0.5) is 4.39 Å². The number of halogens is 1. The van der Waals surface area contributed by atoms with Crippen LogP contribution in [0.25, 0.3) is 0 Å². The zero-order chi connectivity index (χ0) is 9.97. The van der Waals surface area contributed by atoms with Crippen LogP contribution < -0.4 is 10.1 Å². The van der Waals surface area contributed by atoms with Crippen LogP contribution in [0.2, 0.25) is 0 Å². The molecule has 3 heteroatoms. The number of hydrogen-bond donors (Lipinski definition) is 1. The predicted octanol–water partition coefficient (Wildman–Crippen LogP) is 1.87. The molecule has 0 aliphatic carbocycles. The van der Waals surface area contributed by atoms with Crippen molar-refractivity contribution in [1.29, 1.82) is 0 Å². The predicted molar refractivity (Wildman–Crippen MR) is 53.0 cm³/mol. The summed E-state index contributed by atoms with van der Waals surface area (Å²) in [4.78, 5) is 0. The molecule has 0 radical (unpaired) electrons. The van der Waals surface area contributed by atoms with Crippen LogP contribution in [0.5, 0.6) is 5.75 Å². The molecule has 0 spiro atoms. The molecular formula is C11H14FNO. The number of hydrogen-bond acceptors (Lipinski definition) is 2. The van der Waals surface area contributed by atoms with Crippen LogP contribution in [0.15, 0.2) is 18.2 Å². The van der Waals surface area contributed by atoms with E-state index >= 15 is 0 Å². The molecule has 1 aliphatic rings. The molecule has 0 amide bonds. The lowest BCUT2D eigenvalue weighted by Crippen LogP contribution is -2.20. The fourth-order valence-corrected chi connectivity index (χ4v) is 1.62. The molecule has 2 nitrogen and oxygen atoms in total. The van der Waals surface area contributed by atoms with Crippen molar-refractivity contribution < 1.29 is 9.13 Å².